The molecule has 0 spiro atoms. The Bertz CT molecular complexity index is 1140. The monoisotopic (exact) mass is 434 g/mol. The zero-order valence-corrected chi connectivity index (χ0v) is 17.3. The van der Waals surface area contributed by atoms with Crippen molar-refractivity contribution in [1.82, 2.24) is 14.5 Å². The summed E-state index contributed by atoms with van der Waals surface area (Å²) in [6, 6.07) is 5.20. The molecule has 0 unspecified atom stereocenters. The number of aromatic nitrogens is 2. The van der Waals surface area contributed by atoms with Crippen LogP contribution in [0.15, 0.2) is 33.9 Å². The van der Waals surface area contributed by atoms with E-state index < -0.39 is 53.4 Å². The number of carbonyl (C=O) groups is 3. The normalized spacial score (nSPS) is 10.7. The second-order valence-corrected chi connectivity index (χ2v) is 7.16. The van der Waals surface area contributed by atoms with Crippen LogP contribution in [0, 0.1) is 11.7 Å². The fraction of sp³-hybridized carbons (Fsp3) is 0.350. The highest BCUT2D eigenvalue weighted by molar-refractivity contribution is 6.01. The number of halogens is 1. The van der Waals surface area contributed by atoms with Gasteiger partial charge in [-0.25, -0.2) is 9.18 Å². The van der Waals surface area contributed by atoms with Crippen LogP contribution < -0.4 is 22.3 Å². The van der Waals surface area contributed by atoms with Crippen molar-refractivity contribution in [3.63, 3.8) is 0 Å². The predicted octanol–water partition coefficient (Wildman–Crippen LogP) is 0.0802. The summed E-state index contributed by atoms with van der Waals surface area (Å²) < 4.78 is 20.2. The zero-order chi connectivity index (χ0) is 23.3. The molecule has 0 aliphatic carbocycles. The molecule has 2 rings (SSSR count). The van der Waals surface area contributed by atoms with E-state index in [1.54, 1.807) is 0 Å². The molecular formula is C20H23FN4O6. The third-order valence-corrected chi connectivity index (χ3v) is 4.29. The van der Waals surface area contributed by atoms with Crippen LogP contribution in [0.5, 0.6) is 0 Å². The van der Waals surface area contributed by atoms with Gasteiger partial charge in [-0.3, -0.25) is 28.3 Å². The largest absolute Gasteiger partial charge is 0.456 e. The number of nitrogens with one attached hydrogen (secondary N) is 1. The lowest BCUT2D eigenvalue weighted by Crippen LogP contribution is -2.43. The first kappa shape index (κ1) is 23.5. The molecule has 1 heterocycles. The van der Waals surface area contributed by atoms with E-state index in [2.05, 4.69) is 5.32 Å². The highest BCUT2D eigenvalue weighted by atomic mass is 19.1. The van der Waals surface area contributed by atoms with Gasteiger partial charge in [0.1, 0.15) is 23.7 Å². The maximum atomic E-state index is 13.6. The lowest BCUT2D eigenvalue weighted by Gasteiger charge is -2.16. The van der Waals surface area contributed by atoms with Crippen LogP contribution in [0.4, 0.5) is 10.2 Å². The topological polar surface area (TPSA) is 142 Å². The van der Waals surface area contributed by atoms with Crippen LogP contribution >= 0.6 is 0 Å². The number of hydrogen-bond donors (Lipinski definition) is 2. The standard InChI is InChI=1S/C20H23FN4O6/c1-11(2)9-25-17(22)16(19(29)24(3)20(25)30)14(26)10-31-15(27)8-23-18(28)12-6-4-5-7-13(12)21/h4-7,11H,8-10,22H2,1-3H3,(H,23,28). The van der Waals surface area contributed by atoms with Gasteiger partial charge in [-0.1, -0.05) is 26.0 Å². The molecule has 0 bridgehead atoms. The second-order valence-electron chi connectivity index (χ2n) is 7.16. The summed E-state index contributed by atoms with van der Waals surface area (Å²) in [7, 11) is 1.21. The van der Waals surface area contributed by atoms with Crippen molar-refractivity contribution in [2.75, 3.05) is 18.9 Å². The van der Waals surface area contributed by atoms with Gasteiger partial charge in [0.2, 0.25) is 5.78 Å². The van der Waals surface area contributed by atoms with Gasteiger partial charge in [0.25, 0.3) is 11.5 Å². The van der Waals surface area contributed by atoms with Crippen molar-refractivity contribution in [2.24, 2.45) is 13.0 Å². The van der Waals surface area contributed by atoms with Crippen LogP contribution in [0.2, 0.25) is 0 Å². The molecule has 10 nitrogen and oxygen atoms in total. The Morgan fingerprint density at radius 1 is 1.19 bits per heavy atom. The maximum Gasteiger partial charge on any atom is 0.332 e. The summed E-state index contributed by atoms with van der Waals surface area (Å²) in [5.74, 6) is -3.77. The van der Waals surface area contributed by atoms with Gasteiger partial charge in [0.05, 0.1) is 5.56 Å². The number of nitrogen functional groups attached to an aromatic ring is 1. The molecule has 0 aliphatic heterocycles. The smallest absolute Gasteiger partial charge is 0.332 e. The number of ketones is 1. The minimum absolute atomic E-state index is 0.0105. The van der Waals surface area contributed by atoms with Crippen molar-refractivity contribution >= 4 is 23.5 Å². The highest BCUT2D eigenvalue weighted by Gasteiger charge is 2.23. The van der Waals surface area contributed by atoms with Crippen LogP contribution in [0.3, 0.4) is 0 Å². The van der Waals surface area contributed by atoms with Crippen molar-refractivity contribution < 1.29 is 23.5 Å². The van der Waals surface area contributed by atoms with Gasteiger partial charge in [-0.05, 0) is 18.1 Å². The Balaban J connectivity index is 2.07. The number of benzene rings is 1. The average molecular weight is 434 g/mol. The summed E-state index contributed by atoms with van der Waals surface area (Å²) in [5, 5.41) is 2.17. The van der Waals surface area contributed by atoms with Crippen molar-refractivity contribution in [1.29, 1.82) is 0 Å². The molecule has 31 heavy (non-hydrogen) atoms. The number of nitrogens with two attached hydrogens (primary N) is 1. The first-order valence-corrected chi connectivity index (χ1v) is 9.35. The lowest BCUT2D eigenvalue weighted by atomic mass is 10.1. The Morgan fingerprint density at radius 3 is 2.45 bits per heavy atom. The third-order valence-electron chi connectivity index (χ3n) is 4.29. The number of carbonyl (C=O) groups excluding carboxylic acids is 3. The van der Waals surface area contributed by atoms with Crippen molar-refractivity contribution in [3.8, 4) is 0 Å². The summed E-state index contributed by atoms with van der Waals surface area (Å²) in [6.07, 6.45) is 0. The molecule has 0 fully saturated rings. The number of ether oxygens (including phenoxy) is 1. The van der Waals surface area contributed by atoms with Crippen LogP contribution in [-0.4, -0.2) is 39.9 Å². The summed E-state index contributed by atoms with van der Waals surface area (Å²) in [6.45, 7) is 2.39. The van der Waals surface area contributed by atoms with E-state index in [4.69, 9.17) is 10.5 Å². The van der Waals surface area contributed by atoms with Gasteiger partial charge >= 0.3 is 11.7 Å². The van der Waals surface area contributed by atoms with Crippen LogP contribution in [0.1, 0.15) is 34.6 Å². The molecule has 3 N–H and O–H groups in total. The Labute approximate surface area is 176 Å². The first-order valence-electron chi connectivity index (χ1n) is 9.35. The first-order chi connectivity index (χ1) is 14.5. The Hall–Kier alpha value is -3.76. The minimum Gasteiger partial charge on any atom is -0.456 e. The molecule has 11 heteroatoms. The highest BCUT2D eigenvalue weighted by Crippen LogP contribution is 2.09. The molecule has 0 saturated heterocycles. The minimum atomic E-state index is -0.982. The van der Waals surface area contributed by atoms with E-state index in [-0.39, 0.29) is 23.8 Å². The zero-order valence-electron chi connectivity index (χ0n) is 17.3. The molecule has 1 aromatic carbocycles. The van der Waals surface area contributed by atoms with E-state index in [1.807, 2.05) is 13.8 Å². The van der Waals surface area contributed by atoms with Gasteiger partial charge in [0.15, 0.2) is 6.61 Å². The van der Waals surface area contributed by atoms with Gasteiger partial charge < -0.3 is 15.8 Å². The quantitative estimate of drug-likeness (QED) is 0.442. The molecule has 1 aromatic heterocycles. The molecular weight excluding hydrogens is 411 g/mol. The number of anilines is 1. The molecule has 1 amide bonds. The predicted molar refractivity (Wildman–Crippen MR) is 109 cm³/mol. The van der Waals surface area contributed by atoms with E-state index >= 15 is 0 Å². The molecule has 166 valence electrons. The Morgan fingerprint density at radius 2 is 1.84 bits per heavy atom. The van der Waals surface area contributed by atoms with E-state index in [1.165, 1.54) is 25.2 Å². The molecule has 0 aliphatic rings. The van der Waals surface area contributed by atoms with Gasteiger partial charge in [-0.2, -0.15) is 0 Å². The average Bonchev–Trinajstić information content (AvgIpc) is 2.72. The third kappa shape index (κ3) is 5.44. The SMILES string of the molecule is CC(C)Cn1c(N)c(C(=O)COC(=O)CNC(=O)c2ccccc2F)c(=O)n(C)c1=O. The van der Waals surface area contributed by atoms with Crippen molar-refractivity contribution in [3.05, 3.63) is 62.0 Å². The van der Waals surface area contributed by atoms with Crippen LogP contribution in [-0.2, 0) is 23.1 Å². The maximum absolute atomic E-state index is 13.6. The van der Waals surface area contributed by atoms with E-state index in [0.29, 0.717) is 0 Å². The number of esters is 1. The summed E-state index contributed by atoms with van der Waals surface area (Å²) >= 11 is 0. The van der Waals surface area contributed by atoms with Crippen LogP contribution in [0.25, 0.3) is 0 Å². The number of hydrogen-bond acceptors (Lipinski definition) is 7. The Kier molecular flexibility index (Phi) is 7.46. The van der Waals surface area contributed by atoms with Crippen molar-refractivity contribution in [2.45, 2.75) is 20.4 Å². The molecule has 0 atom stereocenters. The van der Waals surface area contributed by atoms with Gasteiger partial charge in [-0.15, -0.1) is 0 Å². The summed E-state index contributed by atoms with van der Waals surface area (Å²) in [5.41, 5.74) is 3.59. The second kappa shape index (κ2) is 9.83. The summed E-state index contributed by atoms with van der Waals surface area (Å²) in [4.78, 5) is 60.8. The number of amides is 1. The number of nitrogens with zero attached hydrogens (tertiary/aromatic N) is 2. The molecule has 0 saturated carbocycles. The fourth-order valence-electron chi connectivity index (χ4n) is 2.75. The molecule has 0 radical (unpaired) electrons. The number of Topliss-reactive ketones (excluding diaryl/α,β-unsaturated/α-hetero) is 1. The molecule has 2 aromatic rings. The van der Waals surface area contributed by atoms with E-state index in [0.717, 1.165) is 15.2 Å². The van der Waals surface area contributed by atoms with Gasteiger partial charge in [0, 0.05) is 13.6 Å². The van der Waals surface area contributed by atoms with E-state index in [9.17, 15) is 28.4 Å². The lowest BCUT2D eigenvalue weighted by molar-refractivity contribution is -0.141. The fourth-order valence-corrected chi connectivity index (χ4v) is 2.75. The number of rotatable bonds is 8.